The third-order valence-electron chi connectivity index (χ3n) is 2.63. The van der Waals surface area contributed by atoms with Crippen molar-refractivity contribution in [3.63, 3.8) is 0 Å². The minimum Gasteiger partial charge on any atom is -0.409 e. The summed E-state index contributed by atoms with van der Waals surface area (Å²) in [5, 5.41) is 14.8. The van der Waals surface area contributed by atoms with E-state index in [1.54, 1.807) is 24.8 Å². The molecule has 0 spiro atoms. The minimum atomic E-state index is 0.0141. The van der Waals surface area contributed by atoms with Crippen LogP contribution in [0.2, 0.25) is 0 Å². The SMILES string of the molecule is NC(=NO)c1cc(CNCCn2ccnc2)ccn1. The first-order valence-corrected chi connectivity index (χ1v) is 5.89. The number of hydrogen-bond acceptors (Lipinski definition) is 5. The Labute approximate surface area is 110 Å². The molecule has 0 saturated carbocycles. The normalized spacial score (nSPS) is 11.7. The van der Waals surface area contributed by atoms with E-state index in [1.807, 2.05) is 16.8 Å². The summed E-state index contributed by atoms with van der Waals surface area (Å²) in [5.74, 6) is 0.0141. The number of hydrogen-bond donors (Lipinski definition) is 3. The first-order valence-electron chi connectivity index (χ1n) is 5.89. The minimum absolute atomic E-state index is 0.0141. The number of imidazole rings is 1. The molecule has 4 N–H and O–H groups in total. The third kappa shape index (κ3) is 3.78. The van der Waals surface area contributed by atoms with Crippen molar-refractivity contribution < 1.29 is 5.21 Å². The fraction of sp³-hybridized carbons (Fsp3) is 0.250. The predicted octanol–water partition coefficient (Wildman–Crippen LogP) is 0.162. The standard InChI is InChI=1S/C12H16N6O/c13-12(17-19)11-7-10(1-2-16-11)8-14-3-5-18-6-4-15-9-18/h1-2,4,6-7,9,14,19H,3,5,8H2,(H2,13,17). The van der Waals surface area contributed by atoms with Gasteiger partial charge >= 0.3 is 0 Å². The Bertz CT molecular complexity index is 537. The van der Waals surface area contributed by atoms with Crippen molar-refractivity contribution in [3.8, 4) is 0 Å². The van der Waals surface area contributed by atoms with Gasteiger partial charge in [-0.15, -0.1) is 0 Å². The van der Waals surface area contributed by atoms with Crippen LogP contribution in [0.15, 0.2) is 42.2 Å². The van der Waals surface area contributed by atoms with Crippen LogP contribution in [-0.2, 0) is 13.1 Å². The molecule has 2 aromatic rings. The summed E-state index contributed by atoms with van der Waals surface area (Å²) >= 11 is 0. The van der Waals surface area contributed by atoms with Crippen molar-refractivity contribution in [1.82, 2.24) is 19.9 Å². The second kappa shape index (κ2) is 6.50. The van der Waals surface area contributed by atoms with Gasteiger partial charge in [0.25, 0.3) is 0 Å². The molecule has 7 nitrogen and oxygen atoms in total. The molecule has 19 heavy (non-hydrogen) atoms. The number of rotatable bonds is 6. The largest absolute Gasteiger partial charge is 0.409 e. The molecule has 2 rings (SSSR count). The number of amidine groups is 1. The van der Waals surface area contributed by atoms with Gasteiger partial charge < -0.3 is 20.8 Å². The summed E-state index contributed by atoms with van der Waals surface area (Å²) in [6.07, 6.45) is 7.10. The highest BCUT2D eigenvalue weighted by Crippen LogP contribution is 2.01. The Morgan fingerprint density at radius 3 is 3.11 bits per heavy atom. The van der Waals surface area contributed by atoms with Gasteiger partial charge in [-0.2, -0.15) is 0 Å². The van der Waals surface area contributed by atoms with Crippen molar-refractivity contribution >= 4 is 5.84 Å². The summed E-state index contributed by atoms with van der Waals surface area (Å²) in [4.78, 5) is 8.00. The van der Waals surface area contributed by atoms with Crippen LogP contribution in [0.3, 0.4) is 0 Å². The van der Waals surface area contributed by atoms with E-state index in [-0.39, 0.29) is 5.84 Å². The molecule has 100 valence electrons. The van der Waals surface area contributed by atoms with E-state index in [9.17, 15) is 0 Å². The zero-order chi connectivity index (χ0) is 13.5. The van der Waals surface area contributed by atoms with Crippen molar-refractivity contribution in [3.05, 3.63) is 48.3 Å². The van der Waals surface area contributed by atoms with Crippen LogP contribution < -0.4 is 11.1 Å². The van der Waals surface area contributed by atoms with Gasteiger partial charge in [0.15, 0.2) is 5.84 Å². The topological polar surface area (TPSA) is 101 Å². The van der Waals surface area contributed by atoms with Crippen LogP contribution in [0.25, 0.3) is 0 Å². The average molecular weight is 260 g/mol. The van der Waals surface area contributed by atoms with Gasteiger partial charge in [0.05, 0.1) is 6.33 Å². The van der Waals surface area contributed by atoms with Crippen LogP contribution in [-0.4, -0.2) is 32.1 Å². The van der Waals surface area contributed by atoms with E-state index in [0.717, 1.165) is 18.7 Å². The van der Waals surface area contributed by atoms with Crippen LogP contribution in [0.1, 0.15) is 11.3 Å². The molecule has 0 amide bonds. The van der Waals surface area contributed by atoms with E-state index in [4.69, 9.17) is 10.9 Å². The molecule has 0 atom stereocenters. The van der Waals surface area contributed by atoms with E-state index in [1.165, 1.54) is 0 Å². The lowest BCUT2D eigenvalue weighted by Crippen LogP contribution is -2.20. The Kier molecular flexibility index (Phi) is 4.46. The molecule has 0 aliphatic heterocycles. The molecule has 0 aliphatic carbocycles. The fourth-order valence-electron chi connectivity index (χ4n) is 1.64. The summed E-state index contributed by atoms with van der Waals surface area (Å²) in [7, 11) is 0. The van der Waals surface area contributed by atoms with Gasteiger partial charge in [-0.3, -0.25) is 4.98 Å². The third-order valence-corrected chi connectivity index (χ3v) is 2.63. The second-order valence-electron chi connectivity index (χ2n) is 4.01. The zero-order valence-corrected chi connectivity index (χ0v) is 10.4. The van der Waals surface area contributed by atoms with Crippen molar-refractivity contribution in [2.75, 3.05) is 6.54 Å². The Hall–Kier alpha value is -2.41. The number of nitrogens with two attached hydrogens (primary N) is 1. The highest BCUT2D eigenvalue weighted by molar-refractivity contribution is 5.95. The van der Waals surface area contributed by atoms with Crippen LogP contribution >= 0.6 is 0 Å². The van der Waals surface area contributed by atoms with Crippen LogP contribution in [0.4, 0.5) is 0 Å². The predicted molar refractivity (Wildman–Crippen MR) is 70.7 cm³/mol. The molecule has 0 aliphatic rings. The van der Waals surface area contributed by atoms with E-state index in [0.29, 0.717) is 12.2 Å². The first kappa shape index (κ1) is 13.0. The van der Waals surface area contributed by atoms with Gasteiger partial charge in [-0.25, -0.2) is 4.98 Å². The number of nitrogens with zero attached hydrogens (tertiary/aromatic N) is 4. The maximum Gasteiger partial charge on any atom is 0.188 e. The summed E-state index contributed by atoms with van der Waals surface area (Å²) in [6.45, 7) is 2.39. The van der Waals surface area contributed by atoms with Crippen molar-refractivity contribution in [2.45, 2.75) is 13.1 Å². The molecule has 0 saturated heterocycles. The average Bonchev–Trinajstić information content (AvgIpc) is 2.96. The van der Waals surface area contributed by atoms with E-state index < -0.39 is 0 Å². The molecule has 0 radical (unpaired) electrons. The Balaban J connectivity index is 1.82. The Morgan fingerprint density at radius 2 is 2.37 bits per heavy atom. The molecular weight excluding hydrogens is 244 g/mol. The van der Waals surface area contributed by atoms with Gasteiger partial charge in [-0.1, -0.05) is 5.16 Å². The highest BCUT2D eigenvalue weighted by atomic mass is 16.4. The van der Waals surface area contributed by atoms with Crippen LogP contribution in [0, 0.1) is 0 Å². The van der Waals surface area contributed by atoms with E-state index in [2.05, 4.69) is 20.4 Å². The van der Waals surface area contributed by atoms with Gasteiger partial charge in [0, 0.05) is 38.2 Å². The van der Waals surface area contributed by atoms with Crippen molar-refractivity contribution in [1.29, 1.82) is 0 Å². The maximum absolute atomic E-state index is 8.60. The quantitative estimate of drug-likeness (QED) is 0.226. The molecule has 0 bridgehead atoms. The summed E-state index contributed by atoms with van der Waals surface area (Å²) in [6, 6.07) is 3.68. The monoisotopic (exact) mass is 260 g/mol. The lowest BCUT2D eigenvalue weighted by atomic mass is 10.2. The Morgan fingerprint density at radius 1 is 1.47 bits per heavy atom. The lowest BCUT2D eigenvalue weighted by Gasteiger charge is -2.06. The van der Waals surface area contributed by atoms with Gasteiger partial charge in [0.1, 0.15) is 5.69 Å². The molecule has 0 fully saturated rings. The van der Waals surface area contributed by atoms with Crippen molar-refractivity contribution in [2.24, 2.45) is 10.9 Å². The number of nitrogens with one attached hydrogen (secondary N) is 1. The summed E-state index contributed by atoms with van der Waals surface area (Å²) in [5.41, 5.74) is 6.99. The molecular formula is C12H16N6O. The summed E-state index contributed by atoms with van der Waals surface area (Å²) < 4.78 is 2.00. The second-order valence-corrected chi connectivity index (χ2v) is 4.01. The lowest BCUT2D eigenvalue weighted by molar-refractivity contribution is 0.318. The van der Waals surface area contributed by atoms with Gasteiger partial charge in [0.2, 0.25) is 0 Å². The first-order chi connectivity index (χ1) is 9.29. The molecule has 7 heteroatoms. The fourth-order valence-corrected chi connectivity index (χ4v) is 1.64. The zero-order valence-electron chi connectivity index (χ0n) is 10.4. The number of pyridine rings is 1. The number of aromatic nitrogens is 3. The molecule has 0 unspecified atom stereocenters. The van der Waals surface area contributed by atoms with Gasteiger partial charge in [-0.05, 0) is 17.7 Å². The smallest absolute Gasteiger partial charge is 0.188 e. The van der Waals surface area contributed by atoms with Crippen LogP contribution in [0.5, 0.6) is 0 Å². The van der Waals surface area contributed by atoms with E-state index >= 15 is 0 Å². The molecule has 0 aromatic carbocycles. The molecule has 2 aromatic heterocycles. The highest BCUT2D eigenvalue weighted by Gasteiger charge is 2.01. The number of oxime groups is 1. The maximum atomic E-state index is 8.60. The molecule has 2 heterocycles.